The van der Waals surface area contributed by atoms with Gasteiger partial charge in [0.25, 0.3) is 0 Å². The lowest BCUT2D eigenvalue weighted by molar-refractivity contribution is -0.129. The van der Waals surface area contributed by atoms with E-state index in [1.54, 1.807) is 37.5 Å². The van der Waals surface area contributed by atoms with E-state index in [4.69, 9.17) is 16.7 Å². The van der Waals surface area contributed by atoms with Crippen molar-refractivity contribution < 1.29 is 29.4 Å². The number of nitrogens with zero attached hydrogens (tertiary/aromatic N) is 3. The lowest BCUT2D eigenvalue weighted by atomic mass is 9.73. The van der Waals surface area contributed by atoms with Crippen molar-refractivity contribution in [2.45, 2.75) is 107 Å². The van der Waals surface area contributed by atoms with Gasteiger partial charge in [-0.15, -0.1) is 10.2 Å². The molecule has 0 aliphatic carbocycles. The summed E-state index contributed by atoms with van der Waals surface area (Å²) >= 11 is 2.55. The van der Waals surface area contributed by atoms with Crippen molar-refractivity contribution in [1.29, 1.82) is 0 Å². The molecule has 0 saturated heterocycles. The third kappa shape index (κ3) is 18.4. The molecule has 1 unspecified atom stereocenters. The van der Waals surface area contributed by atoms with Crippen molar-refractivity contribution in [2.24, 2.45) is 22.6 Å². The van der Waals surface area contributed by atoms with Gasteiger partial charge < -0.3 is 41.7 Å². The van der Waals surface area contributed by atoms with E-state index in [1.807, 2.05) is 45.0 Å². The molecule has 17 heteroatoms. The number of nitrogens with two attached hydrogens (primary N) is 3. The van der Waals surface area contributed by atoms with Crippen molar-refractivity contribution in [3.63, 3.8) is 0 Å². The van der Waals surface area contributed by atoms with Crippen LogP contribution in [0.5, 0.6) is 11.5 Å². The van der Waals surface area contributed by atoms with Crippen LogP contribution in [0.4, 0.5) is 5.13 Å². The highest BCUT2D eigenvalue weighted by atomic mass is 32.2. The molecular formula is C40H61N9O6S2. The summed E-state index contributed by atoms with van der Waals surface area (Å²) in [6, 6.07) is 13.3. The summed E-state index contributed by atoms with van der Waals surface area (Å²) < 4.78 is 0.777. The van der Waals surface area contributed by atoms with E-state index in [9.17, 15) is 29.4 Å². The third-order valence-electron chi connectivity index (χ3n) is 9.26. The van der Waals surface area contributed by atoms with Crippen LogP contribution in [0.15, 0.2) is 64.8 Å². The maximum atomic E-state index is 12.8. The van der Waals surface area contributed by atoms with Crippen LogP contribution in [0.3, 0.4) is 0 Å². The number of hydrogen-bond donors (Lipinski definition) is 8. The Balaban J connectivity index is 0.00000109. The molecule has 1 aromatic heterocycles. The number of benzene rings is 2. The van der Waals surface area contributed by atoms with Crippen molar-refractivity contribution in [1.82, 2.24) is 25.8 Å². The molecule has 314 valence electrons. The number of aromatic nitrogens is 2. The van der Waals surface area contributed by atoms with Crippen LogP contribution in [0.1, 0.15) is 103 Å². The highest BCUT2D eigenvalue weighted by Crippen LogP contribution is 2.37. The van der Waals surface area contributed by atoms with Gasteiger partial charge in [-0.2, -0.15) is 0 Å². The molecule has 2 amide bonds. The Kier molecular flexibility index (Phi) is 22.3. The standard InChI is InChI=1S/C37H55N5O6.C3H6N4S2/c1-27(2)36(48)33(11-5-8-24-42(39)26-30(38)10-6-9-25-43)41-35(47)12-4-7-23-40-34(46)21-22-37(3,28-13-17-31(44)18-14-28)29-15-19-32(45)20-16-29;1-5-2-6-7-3(8-2)9-4/h13-20,25-27,33,44-45H,4-12,21-24,38-39H2,1-3H3,(H,40,46)(H,41,47);4H2,1H3,(H,5,6)/b30-26-;. The van der Waals surface area contributed by atoms with E-state index in [-0.39, 0.29) is 47.9 Å². The zero-order chi connectivity index (χ0) is 42.2. The first-order valence-electron chi connectivity index (χ1n) is 19.2. The van der Waals surface area contributed by atoms with Gasteiger partial charge in [0.15, 0.2) is 10.1 Å². The van der Waals surface area contributed by atoms with Gasteiger partial charge in [0.05, 0.1) is 6.04 Å². The molecule has 0 radical (unpaired) electrons. The number of aromatic hydroxyl groups is 2. The number of amides is 2. The number of phenols is 2. The van der Waals surface area contributed by atoms with Gasteiger partial charge in [-0.05, 0) is 98.7 Å². The Morgan fingerprint density at radius 1 is 0.912 bits per heavy atom. The molecule has 0 saturated carbocycles. The lowest BCUT2D eigenvalue weighted by Crippen LogP contribution is -2.42. The van der Waals surface area contributed by atoms with Crippen molar-refractivity contribution in [3.8, 4) is 11.5 Å². The minimum atomic E-state index is -0.566. The predicted octanol–water partition coefficient (Wildman–Crippen LogP) is 5.24. The number of hydrogen-bond acceptors (Lipinski definition) is 15. The van der Waals surface area contributed by atoms with E-state index in [0.717, 1.165) is 45.3 Å². The molecule has 3 rings (SSSR count). The second-order valence-electron chi connectivity index (χ2n) is 14.1. The average molecular weight is 828 g/mol. The Morgan fingerprint density at radius 2 is 1.54 bits per heavy atom. The van der Waals surface area contributed by atoms with E-state index in [2.05, 4.69) is 26.1 Å². The summed E-state index contributed by atoms with van der Waals surface area (Å²) in [5.41, 5.74) is 7.92. The summed E-state index contributed by atoms with van der Waals surface area (Å²) in [4.78, 5) is 48.8. The molecular weight excluding hydrogens is 767 g/mol. The molecule has 1 heterocycles. The number of carbonyl (C=O) groups excluding carboxylic acids is 4. The summed E-state index contributed by atoms with van der Waals surface area (Å²) in [6.45, 7) is 6.66. The molecule has 15 nitrogen and oxygen atoms in total. The van der Waals surface area contributed by atoms with Crippen LogP contribution in [0.25, 0.3) is 0 Å². The van der Waals surface area contributed by atoms with Crippen LogP contribution in [0.2, 0.25) is 0 Å². The van der Waals surface area contributed by atoms with E-state index < -0.39 is 11.5 Å². The Hall–Kier alpha value is -4.71. The Morgan fingerprint density at radius 3 is 2.07 bits per heavy atom. The SMILES string of the molecule is CC(C)C(=O)C(CCCCN(N)/C=C(\N)CCCC=O)NC(=O)CCCCNC(=O)CCC(C)(c1ccc(O)cc1)c1ccc(O)cc1.CNc1nnc(SN)s1. The van der Waals surface area contributed by atoms with Crippen molar-refractivity contribution in [2.75, 3.05) is 25.5 Å². The number of Topliss-reactive ketones (excluding diaryl/α,β-unsaturated/α-hetero) is 1. The number of allylic oxidation sites excluding steroid dienone is 1. The van der Waals surface area contributed by atoms with E-state index in [0.29, 0.717) is 70.2 Å². The van der Waals surface area contributed by atoms with E-state index in [1.165, 1.54) is 16.3 Å². The molecule has 57 heavy (non-hydrogen) atoms. The number of nitrogens with one attached hydrogen (secondary N) is 3. The first-order valence-corrected chi connectivity index (χ1v) is 20.9. The summed E-state index contributed by atoms with van der Waals surface area (Å²) in [6.07, 6.45) is 8.40. The Bertz CT molecular complexity index is 1620. The van der Waals surface area contributed by atoms with Crippen LogP contribution in [-0.4, -0.2) is 75.5 Å². The number of ketones is 1. The second kappa shape index (κ2) is 26.3. The quantitative estimate of drug-likeness (QED) is 0.0179. The normalized spacial score (nSPS) is 11.9. The number of anilines is 1. The van der Waals surface area contributed by atoms with Crippen molar-refractivity contribution >= 4 is 52.3 Å². The number of carbonyl (C=O) groups is 4. The maximum absolute atomic E-state index is 12.8. The fourth-order valence-electron chi connectivity index (χ4n) is 5.89. The first kappa shape index (κ1) is 48.4. The molecule has 0 bridgehead atoms. The fraction of sp³-hybridized carbons (Fsp3) is 0.500. The molecule has 0 fully saturated rings. The molecule has 1 atom stereocenters. The van der Waals surface area contributed by atoms with Gasteiger partial charge in [-0.3, -0.25) is 19.5 Å². The van der Waals surface area contributed by atoms with Gasteiger partial charge in [0.1, 0.15) is 17.8 Å². The number of phenolic OH excluding ortho intramolecular Hbond substituents is 2. The largest absolute Gasteiger partial charge is 0.508 e. The zero-order valence-corrected chi connectivity index (χ0v) is 35.2. The molecule has 0 aliphatic rings. The topological polar surface area (TPSA) is 252 Å². The summed E-state index contributed by atoms with van der Waals surface area (Å²) in [5.74, 6) is 5.82. The van der Waals surface area contributed by atoms with Crippen LogP contribution >= 0.6 is 23.3 Å². The van der Waals surface area contributed by atoms with E-state index >= 15 is 0 Å². The average Bonchev–Trinajstić information content (AvgIpc) is 3.67. The Labute approximate surface area is 344 Å². The number of aldehydes is 1. The number of unbranched alkanes of at least 4 members (excludes halogenated alkanes) is 3. The van der Waals surface area contributed by atoms with Gasteiger partial charge in [-0.25, -0.2) is 5.84 Å². The van der Waals surface area contributed by atoms with Crippen LogP contribution in [-0.2, 0) is 24.6 Å². The van der Waals surface area contributed by atoms with Gasteiger partial charge in [-0.1, -0.05) is 56.4 Å². The zero-order valence-electron chi connectivity index (χ0n) is 33.5. The highest BCUT2D eigenvalue weighted by Gasteiger charge is 2.30. The van der Waals surface area contributed by atoms with Gasteiger partial charge in [0, 0.05) is 62.6 Å². The number of rotatable bonds is 25. The maximum Gasteiger partial charge on any atom is 0.220 e. The molecule has 0 aliphatic heterocycles. The minimum absolute atomic E-state index is 0.00820. The fourth-order valence-corrected chi connectivity index (χ4v) is 6.84. The van der Waals surface area contributed by atoms with Crippen molar-refractivity contribution in [3.05, 3.63) is 71.6 Å². The first-order chi connectivity index (χ1) is 27.2. The minimum Gasteiger partial charge on any atom is -0.508 e. The molecule has 11 N–H and O–H groups in total. The molecule has 3 aromatic rings. The third-order valence-corrected chi connectivity index (χ3v) is 10.8. The van der Waals surface area contributed by atoms with Crippen LogP contribution < -0.4 is 32.7 Å². The predicted molar refractivity (Wildman–Crippen MR) is 227 cm³/mol. The summed E-state index contributed by atoms with van der Waals surface area (Å²) in [7, 11) is 1.80. The smallest absolute Gasteiger partial charge is 0.220 e. The second-order valence-corrected chi connectivity index (χ2v) is 16.0. The lowest BCUT2D eigenvalue weighted by Gasteiger charge is -2.31. The number of hydrazine groups is 1. The van der Waals surface area contributed by atoms with Gasteiger partial charge >= 0.3 is 0 Å². The molecule has 2 aromatic carbocycles. The molecule has 0 spiro atoms. The highest BCUT2D eigenvalue weighted by molar-refractivity contribution is 7.98. The van der Waals surface area contributed by atoms with Gasteiger partial charge in [0.2, 0.25) is 16.9 Å². The monoisotopic (exact) mass is 827 g/mol. The summed E-state index contributed by atoms with van der Waals surface area (Å²) in [5, 5.41) is 43.3. The van der Waals surface area contributed by atoms with Crippen LogP contribution in [0, 0.1) is 5.92 Å².